The lowest BCUT2D eigenvalue weighted by molar-refractivity contribution is 0.215. The van der Waals surface area contributed by atoms with Crippen LogP contribution >= 0.6 is 0 Å². The second-order valence-electron chi connectivity index (χ2n) is 4.38. The van der Waals surface area contributed by atoms with E-state index >= 15 is 0 Å². The van der Waals surface area contributed by atoms with Crippen LogP contribution in [0.3, 0.4) is 0 Å². The summed E-state index contributed by atoms with van der Waals surface area (Å²) in [5.41, 5.74) is 0.982. The fourth-order valence-electron chi connectivity index (χ4n) is 1.94. The summed E-state index contributed by atoms with van der Waals surface area (Å²) in [4.78, 5) is 0. The van der Waals surface area contributed by atoms with Crippen LogP contribution in [0.4, 0.5) is 4.39 Å². The molecule has 1 aromatic carbocycles. The van der Waals surface area contributed by atoms with Gasteiger partial charge in [0.05, 0.1) is 0 Å². The average molecular weight is 224 g/mol. The molecule has 0 radical (unpaired) electrons. The van der Waals surface area contributed by atoms with Gasteiger partial charge in [0.2, 0.25) is 0 Å². The summed E-state index contributed by atoms with van der Waals surface area (Å²) in [6.07, 6.45) is 5.35. The third-order valence-corrected chi connectivity index (χ3v) is 2.89. The maximum absolute atomic E-state index is 13.0. The zero-order valence-corrected chi connectivity index (χ0v) is 9.95. The van der Waals surface area contributed by atoms with E-state index in [0.717, 1.165) is 24.8 Å². The van der Waals surface area contributed by atoms with Crippen LogP contribution in [-0.2, 0) is 6.42 Å². The first-order valence-corrected chi connectivity index (χ1v) is 6.11. The minimum Gasteiger partial charge on any atom is -0.396 e. The maximum Gasteiger partial charge on any atom is 0.123 e. The molecular weight excluding hydrogens is 203 g/mol. The molecule has 0 aliphatic rings. The van der Waals surface area contributed by atoms with Gasteiger partial charge in [-0.15, -0.1) is 0 Å². The second kappa shape index (κ2) is 7.39. The fraction of sp³-hybridized carbons (Fsp3) is 0.571. The Hall–Kier alpha value is -0.890. The van der Waals surface area contributed by atoms with Crippen molar-refractivity contribution in [1.82, 2.24) is 0 Å². The van der Waals surface area contributed by atoms with Gasteiger partial charge in [-0.1, -0.05) is 38.3 Å². The van der Waals surface area contributed by atoms with Crippen molar-refractivity contribution < 1.29 is 9.50 Å². The van der Waals surface area contributed by atoms with Crippen LogP contribution in [0.15, 0.2) is 24.3 Å². The first kappa shape index (κ1) is 13.2. The van der Waals surface area contributed by atoms with Crippen LogP contribution in [0.2, 0.25) is 0 Å². The summed E-state index contributed by atoms with van der Waals surface area (Å²) in [6, 6.07) is 6.66. The SMILES string of the molecule is CCCCCC(CO)Cc1cccc(F)c1. The van der Waals surface area contributed by atoms with Gasteiger partial charge in [-0.05, 0) is 36.5 Å². The molecule has 1 N–H and O–H groups in total. The Balaban J connectivity index is 2.43. The topological polar surface area (TPSA) is 20.2 Å². The molecule has 0 aliphatic carbocycles. The van der Waals surface area contributed by atoms with Crippen molar-refractivity contribution in [3.63, 3.8) is 0 Å². The molecule has 0 spiro atoms. The molecule has 90 valence electrons. The van der Waals surface area contributed by atoms with Gasteiger partial charge in [-0.25, -0.2) is 4.39 Å². The Morgan fingerprint density at radius 1 is 1.31 bits per heavy atom. The van der Waals surface area contributed by atoms with Gasteiger partial charge in [0.1, 0.15) is 5.82 Å². The van der Waals surface area contributed by atoms with E-state index < -0.39 is 0 Å². The fourth-order valence-corrected chi connectivity index (χ4v) is 1.94. The Kier molecular flexibility index (Phi) is 6.09. The van der Waals surface area contributed by atoms with Gasteiger partial charge in [0, 0.05) is 6.61 Å². The normalized spacial score (nSPS) is 12.7. The quantitative estimate of drug-likeness (QED) is 0.702. The molecule has 0 bridgehead atoms. The third kappa shape index (κ3) is 4.75. The Morgan fingerprint density at radius 3 is 2.75 bits per heavy atom. The third-order valence-electron chi connectivity index (χ3n) is 2.89. The summed E-state index contributed by atoms with van der Waals surface area (Å²) in [5, 5.41) is 9.26. The lowest BCUT2D eigenvalue weighted by atomic mass is 9.94. The molecule has 0 saturated carbocycles. The molecule has 1 nitrogen and oxygen atoms in total. The van der Waals surface area contributed by atoms with Crippen LogP contribution < -0.4 is 0 Å². The molecule has 0 fully saturated rings. The highest BCUT2D eigenvalue weighted by atomic mass is 19.1. The molecule has 16 heavy (non-hydrogen) atoms. The number of aliphatic hydroxyl groups excluding tert-OH is 1. The largest absolute Gasteiger partial charge is 0.396 e. The van der Waals surface area contributed by atoms with Gasteiger partial charge in [-0.2, -0.15) is 0 Å². The summed E-state index contributed by atoms with van der Waals surface area (Å²) in [5.74, 6) is 0.0797. The van der Waals surface area contributed by atoms with Crippen molar-refractivity contribution in [2.45, 2.75) is 39.0 Å². The molecule has 1 rings (SSSR count). The average Bonchev–Trinajstić information content (AvgIpc) is 2.28. The monoisotopic (exact) mass is 224 g/mol. The molecule has 2 heteroatoms. The maximum atomic E-state index is 13.0. The van der Waals surface area contributed by atoms with Gasteiger partial charge in [0.25, 0.3) is 0 Å². The van der Waals surface area contributed by atoms with Crippen molar-refractivity contribution in [1.29, 1.82) is 0 Å². The smallest absolute Gasteiger partial charge is 0.123 e. The molecule has 0 amide bonds. The number of hydrogen-bond donors (Lipinski definition) is 1. The van der Waals surface area contributed by atoms with Crippen molar-refractivity contribution in [2.75, 3.05) is 6.61 Å². The van der Waals surface area contributed by atoms with E-state index in [-0.39, 0.29) is 18.3 Å². The summed E-state index contributed by atoms with van der Waals surface area (Å²) >= 11 is 0. The lowest BCUT2D eigenvalue weighted by Gasteiger charge is -2.13. The molecule has 1 unspecified atom stereocenters. The number of rotatable bonds is 7. The number of benzene rings is 1. The van der Waals surface area contributed by atoms with Crippen LogP contribution in [-0.4, -0.2) is 11.7 Å². The number of halogens is 1. The zero-order chi connectivity index (χ0) is 11.8. The molecule has 1 atom stereocenters. The van der Waals surface area contributed by atoms with E-state index in [1.807, 2.05) is 6.07 Å². The van der Waals surface area contributed by atoms with Crippen molar-refractivity contribution in [3.8, 4) is 0 Å². The van der Waals surface area contributed by atoms with E-state index in [1.54, 1.807) is 12.1 Å². The highest BCUT2D eigenvalue weighted by Gasteiger charge is 2.08. The summed E-state index contributed by atoms with van der Waals surface area (Å²) < 4.78 is 13.0. The molecule has 0 heterocycles. The van der Waals surface area contributed by atoms with Gasteiger partial charge in [-0.3, -0.25) is 0 Å². The molecule has 1 aromatic rings. The van der Waals surface area contributed by atoms with Crippen molar-refractivity contribution in [2.24, 2.45) is 5.92 Å². The van der Waals surface area contributed by atoms with Crippen LogP contribution in [0.25, 0.3) is 0 Å². The van der Waals surface area contributed by atoms with Gasteiger partial charge < -0.3 is 5.11 Å². The minimum atomic E-state index is -0.192. The van der Waals surface area contributed by atoms with E-state index in [9.17, 15) is 9.50 Å². The van der Waals surface area contributed by atoms with Crippen LogP contribution in [0.5, 0.6) is 0 Å². The lowest BCUT2D eigenvalue weighted by Crippen LogP contribution is -2.09. The van der Waals surface area contributed by atoms with Crippen molar-refractivity contribution >= 4 is 0 Å². The first-order valence-electron chi connectivity index (χ1n) is 6.11. The predicted octanol–water partition coefficient (Wildman–Crippen LogP) is 3.56. The van der Waals surface area contributed by atoms with Gasteiger partial charge in [0.15, 0.2) is 0 Å². The van der Waals surface area contributed by atoms with Crippen LogP contribution in [0.1, 0.15) is 38.2 Å². The molecular formula is C14H21FO. The van der Waals surface area contributed by atoms with Crippen LogP contribution in [0, 0.1) is 11.7 Å². The number of unbranched alkanes of at least 4 members (excludes halogenated alkanes) is 2. The summed E-state index contributed by atoms with van der Waals surface area (Å²) in [7, 11) is 0. The predicted molar refractivity (Wildman–Crippen MR) is 64.8 cm³/mol. The highest BCUT2D eigenvalue weighted by Crippen LogP contribution is 2.16. The van der Waals surface area contributed by atoms with Gasteiger partial charge >= 0.3 is 0 Å². The minimum absolute atomic E-state index is 0.192. The number of hydrogen-bond acceptors (Lipinski definition) is 1. The van der Waals surface area contributed by atoms with E-state index in [0.29, 0.717) is 0 Å². The van der Waals surface area contributed by atoms with Crippen molar-refractivity contribution in [3.05, 3.63) is 35.6 Å². The molecule has 0 saturated heterocycles. The highest BCUT2D eigenvalue weighted by molar-refractivity contribution is 5.16. The Bertz CT molecular complexity index is 299. The Morgan fingerprint density at radius 2 is 2.12 bits per heavy atom. The van der Waals surface area contributed by atoms with E-state index in [4.69, 9.17) is 0 Å². The second-order valence-corrected chi connectivity index (χ2v) is 4.38. The Labute approximate surface area is 97.3 Å². The first-order chi connectivity index (χ1) is 7.76. The number of aliphatic hydroxyl groups is 1. The summed E-state index contributed by atoms with van der Waals surface area (Å²) in [6.45, 7) is 2.36. The van der Waals surface area contributed by atoms with E-state index in [2.05, 4.69) is 6.92 Å². The zero-order valence-electron chi connectivity index (χ0n) is 9.95. The van der Waals surface area contributed by atoms with E-state index in [1.165, 1.54) is 18.9 Å². The standard InChI is InChI=1S/C14H21FO/c1-2-3-4-6-13(11-16)9-12-7-5-8-14(15)10-12/h5,7-8,10,13,16H,2-4,6,9,11H2,1H3. The molecule has 0 aliphatic heterocycles. The molecule has 0 aromatic heterocycles.